The van der Waals surface area contributed by atoms with Crippen LogP contribution in [0, 0.1) is 5.92 Å². The van der Waals surface area contributed by atoms with Gasteiger partial charge in [0, 0.05) is 18.2 Å². The second kappa shape index (κ2) is 5.48. The van der Waals surface area contributed by atoms with E-state index in [1.165, 1.54) is 7.11 Å². The van der Waals surface area contributed by atoms with Gasteiger partial charge in [0.1, 0.15) is 17.5 Å². The lowest BCUT2D eigenvalue weighted by Gasteiger charge is -2.23. The summed E-state index contributed by atoms with van der Waals surface area (Å²) in [6.45, 7) is 3.13. The first-order valence-corrected chi connectivity index (χ1v) is 6.35. The molecule has 0 saturated carbocycles. The molecule has 1 aliphatic heterocycles. The van der Waals surface area contributed by atoms with Crippen LogP contribution in [0.5, 0.6) is 11.5 Å². The van der Waals surface area contributed by atoms with Crippen LogP contribution in [0.15, 0.2) is 18.2 Å². The molecule has 5 heteroatoms. The number of carboxylic acid groups (broad SMARTS) is 1. The molecule has 1 aliphatic rings. The van der Waals surface area contributed by atoms with Crippen molar-refractivity contribution in [2.75, 3.05) is 13.7 Å². The highest BCUT2D eigenvalue weighted by Crippen LogP contribution is 2.30. The first-order valence-electron chi connectivity index (χ1n) is 6.35. The number of aliphatic carboxylic acids is 1. The molecule has 0 bridgehead atoms. The maximum atomic E-state index is 11.3. The predicted octanol–water partition coefficient (Wildman–Crippen LogP) is 1.70. The average Bonchev–Trinajstić information content (AvgIpc) is 2.73. The molecule has 0 amide bonds. The van der Waals surface area contributed by atoms with Gasteiger partial charge in [0.25, 0.3) is 0 Å². The number of phenolic OH excluding ortho intramolecular Hbond substituents is 1. The first-order chi connectivity index (χ1) is 9.02. The van der Waals surface area contributed by atoms with Gasteiger partial charge in [0.05, 0.1) is 7.11 Å². The summed E-state index contributed by atoms with van der Waals surface area (Å²) < 4.78 is 5.03. The molecular formula is C14H19NO4. The highest BCUT2D eigenvalue weighted by Gasteiger charge is 2.36. The highest BCUT2D eigenvalue weighted by molar-refractivity contribution is 5.74. The van der Waals surface area contributed by atoms with Gasteiger partial charge in [-0.2, -0.15) is 0 Å². The molecule has 19 heavy (non-hydrogen) atoms. The summed E-state index contributed by atoms with van der Waals surface area (Å²) in [6, 6.07) is 4.62. The van der Waals surface area contributed by atoms with E-state index in [9.17, 15) is 15.0 Å². The van der Waals surface area contributed by atoms with Crippen LogP contribution in [0.2, 0.25) is 0 Å². The molecule has 1 aromatic rings. The molecule has 0 aromatic heterocycles. The number of hydrogen-bond acceptors (Lipinski definition) is 4. The van der Waals surface area contributed by atoms with E-state index < -0.39 is 12.0 Å². The zero-order valence-electron chi connectivity index (χ0n) is 11.2. The Morgan fingerprint density at radius 3 is 2.84 bits per heavy atom. The number of benzene rings is 1. The molecule has 2 atom stereocenters. The quantitative estimate of drug-likeness (QED) is 0.867. The van der Waals surface area contributed by atoms with E-state index in [1.807, 2.05) is 11.8 Å². The number of phenols is 1. The number of carboxylic acids is 1. The Morgan fingerprint density at radius 2 is 2.26 bits per heavy atom. The molecule has 2 unspecified atom stereocenters. The smallest absolute Gasteiger partial charge is 0.321 e. The largest absolute Gasteiger partial charge is 0.507 e. The van der Waals surface area contributed by atoms with Crippen LogP contribution in [0.25, 0.3) is 0 Å². The van der Waals surface area contributed by atoms with Gasteiger partial charge in [-0.1, -0.05) is 13.0 Å². The van der Waals surface area contributed by atoms with Crippen molar-refractivity contribution in [3.05, 3.63) is 23.8 Å². The van der Waals surface area contributed by atoms with Crippen molar-refractivity contribution >= 4 is 5.97 Å². The molecule has 5 nitrogen and oxygen atoms in total. The van der Waals surface area contributed by atoms with Gasteiger partial charge in [-0.05, 0) is 24.9 Å². The lowest BCUT2D eigenvalue weighted by atomic mass is 10.0. The zero-order chi connectivity index (χ0) is 14.0. The Morgan fingerprint density at radius 1 is 1.53 bits per heavy atom. The summed E-state index contributed by atoms with van der Waals surface area (Å²) in [5.41, 5.74) is 0.723. The number of hydrogen-bond donors (Lipinski definition) is 2. The van der Waals surface area contributed by atoms with Crippen molar-refractivity contribution in [3.8, 4) is 11.5 Å². The molecule has 1 aromatic carbocycles. The second-order valence-corrected chi connectivity index (χ2v) is 5.01. The number of ether oxygens (including phenoxy) is 1. The monoisotopic (exact) mass is 265 g/mol. The zero-order valence-corrected chi connectivity index (χ0v) is 11.2. The van der Waals surface area contributed by atoms with Crippen molar-refractivity contribution in [1.29, 1.82) is 0 Å². The van der Waals surface area contributed by atoms with Crippen LogP contribution in [0.3, 0.4) is 0 Å². The summed E-state index contributed by atoms with van der Waals surface area (Å²) in [4.78, 5) is 13.2. The number of carbonyl (C=O) groups is 1. The van der Waals surface area contributed by atoms with Crippen LogP contribution >= 0.6 is 0 Å². The second-order valence-electron chi connectivity index (χ2n) is 5.01. The fourth-order valence-electron chi connectivity index (χ4n) is 2.63. The normalized spacial score (nSPS) is 23.5. The summed E-state index contributed by atoms with van der Waals surface area (Å²) in [5, 5.41) is 19.2. The molecule has 2 rings (SSSR count). The van der Waals surface area contributed by atoms with Crippen molar-refractivity contribution in [2.24, 2.45) is 5.92 Å². The van der Waals surface area contributed by atoms with Crippen molar-refractivity contribution in [1.82, 2.24) is 4.90 Å². The third kappa shape index (κ3) is 2.81. The third-order valence-electron chi connectivity index (χ3n) is 3.72. The lowest BCUT2D eigenvalue weighted by molar-refractivity contribution is -0.143. The lowest BCUT2D eigenvalue weighted by Crippen LogP contribution is -2.38. The standard InChI is InChI=1S/C14H19NO4/c1-9-5-6-15(13(9)14(17)18)8-10-3-4-11(19-2)7-12(10)16/h3-4,7,9,13,16H,5-6,8H2,1-2H3,(H,17,18). The van der Waals surface area contributed by atoms with E-state index in [0.717, 1.165) is 18.5 Å². The van der Waals surface area contributed by atoms with E-state index in [0.29, 0.717) is 12.3 Å². The molecule has 2 N–H and O–H groups in total. The minimum absolute atomic E-state index is 0.137. The topological polar surface area (TPSA) is 70.0 Å². The SMILES string of the molecule is COc1ccc(CN2CCC(C)C2C(=O)O)c(O)c1. The minimum Gasteiger partial charge on any atom is -0.507 e. The summed E-state index contributed by atoms with van der Waals surface area (Å²) in [6.07, 6.45) is 0.869. The number of rotatable bonds is 4. The van der Waals surface area contributed by atoms with E-state index in [-0.39, 0.29) is 11.7 Å². The van der Waals surface area contributed by atoms with Gasteiger partial charge >= 0.3 is 5.97 Å². The molecule has 1 fully saturated rings. The highest BCUT2D eigenvalue weighted by atomic mass is 16.5. The van der Waals surface area contributed by atoms with Gasteiger partial charge in [0.2, 0.25) is 0 Å². The van der Waals surface area contributed by atoms with E-state index in [1.54, 1.807) is 18.2 Å². The van der Waals surface area contributed by atoms with Gasteiger partial charge in [-0.15, -0.1) is 0 Å². The Labute approximate surface area is 112 Å². The summed E-state index contributed by atoms with van der Waals surface area (Å²) >= 11 is 0. The molecule has 1 saturated heterocycles. The van der Waals surface area contributed by atoms with Gasteiger partial charge in [-0.3, -0.25) is 9.69 Å². The number of aromatic hydroxyl groups is 1. The molecule has 104 valence electrons. The van der Waals surface area contributed by atoms with Gasteiger partial charge in [0.15, 0.2) is 0 Å². The number of methoxy groups -OCH3 is 1. The van der Waals surface area contributed by atoms with Crippen LogP contribution in [0.4, 0.5) is 0 Å². The van der Waals surface area contributed by atoms with Crippen LogP contribution in [-0.2, 0) is 11.3 Å². The van der Waals surface area contributed by atoms with Crippen molar-refractivity contribution in [3.63, 3.8) is 0 Å². The Kier molecular flexibility index (Phi) is 3.95. The molecule has 0 spiro atoms. The first kappa shape index (κ1) is 13.7. The predicted molar refractivity (Wildman–Crippen MR) is 70.3 cm³/mol. The van der Waals surface area contributed by atoms with Gasteiger partial charge in [-0.25, -0.2) is 0 Å². The van der Waals surface area contributed by atoms with E-state index in [4.69, 9.17) is 4.74 Å². The van der Waals surface area contributed by atoms with E-state index in [2.05, 4.69) is 0 Å². The fraction of sp³-hybridized carbons (Fsp3) is 0.500. The average molecular weight is 265 g/mol. The third-order valence-corrected chi connectivity index (χ3v) is 3.72. The van der Waals surface area contributed by atoms with Gasteiger partial charge < -0.3 is 14.9 Å². The number of likely N-dealkylation sites (tertiary alicyclic amines) is 1. The Balaban J connectivity index is 2.15. The Hall–Kier alpha value is -1.75. The minimum atomic E-state index is -0.794. The van der Waals surface area contributed by atoms with E-state index >= 15 is 0 Å². The number of nitrogens with zero attached hydrogens (tertiary/aromatic N) is 1. The summed E-state index contributed by atoms with van der Waals surface area (Å²) in [5.74, 6) is 0.0739. The van der Waals surface area contributed by atoms with Crippen LogP contribution in [-0.4, -0.2) is 40.8 Å². The van der Waals surface area contributed by atoms with Crippen molar-refractivity contribution in [2.45, 2.75) is 25.9 Å². The fourth-order valence-corrected chi connectivity index (χ4v) is 2.63. The summed E-state index contributed by atoms with van der Waals surface area (Å²) in [7, 11) is 1.54. The molecule has 0 aliphatic carbocycles. The molecule has 1 heterocycles. The molecule has 0 radical (unpaired) electrons. The Bertz CT molecular complexity index is 475. The maximum Gasteiger partial charge on any atom is 0.321 e. The van der Waals surface area contributed by atoms with Crippen molar-refractivity contribution < 1.29 is 19.7 Å². The van der Waals surface area contributed by atoms with Crippen LogP contribution in [0.1, 0.15) is 18.9 Å². The maximum absolute atomic E-state index is 11.3. The molecular weight excluding hydrogens is 246 g/mol. The van der Waals surface area contributed by atoms with Crippen LogP contribution < -0.4 is 4.74 Å².